The molecule has 0 aliphatic rings. The Morgan fingerprint density at radius 3 is 2.57 bits per heavy atom. The Morgan fingerprint density at radius 2 is 2.00 bits per heavy atom. The molecular formula is C14H24BrIN4O2S. The highest BCUT2D eigenvalue weighted by Crippen LogP contribution is 2.22. The third-order valence-electron chi connectivity index (χ3n) is 2.82. The summed E-state index contributed by atoms with van der Waals surface area (Å²) in [5.74, 6) is 0.654. The molecule has 0 radical (unpaired) electrons. The molecule has 1 rings (SSSR count). The van der Waals surface area contributed by atoms with Crippen LogP contribution in [0, 0.1) is 0 Å². The van der Waals surface area contributed by atoms with Gasteiger partial charge < -0.3 is 10.6 Å². The van der Waals surface area contributed by atoms with E-state index in [0.29, 0.717) is 12.5 Å². The molecule has 0 bridgehead atoms. The predicted octanol–water partition coefficient (Wildman–Crippen LogP) is 2.23. The maximum Gasteiger partial charge on any atom is 0.208 e. The average molecular weight is 519 g/mol. The van der Waals surface area contributed by atoms with E-state index in [4.69, 9.17) is 0 Å². The van der Waals surface area contributed by atoms with Crippen molar-refractivity contribution in [2.75, 3.05) is 25.9 Å². The second-order valence-corrected chi connectivity index (χ2v) is 7.50. The number of hydrogen-bond donors (Lipinski definition) is 3. The van der Waals surface area contributed by atoms with E-state index in [9.17, 15) is 8.42 Å². The average Bonchev–Trinajstić information content (AvgIpc) is 2.43. The van der Waals surface area contributed by atoms with Gasteiger partial charge in [0.15, 0.2) is 5.96 Å². The summed E-state index contributed by atoms with van der Waals surface area (Å²) in [4.78, 5) is 4.36. The van der Waals surface area contributed by atoms with Crippen LogP contribution in [0.3, 0.4) is 0 Å². The van der Waals surface area contributed by atoms with Gasteiger partial charge >= 0.3 is 0 Å². The van der Waals surface area contributed by atoms with Crippen LogP contribution in [0.4, 0.5) is 0 Å². The number of halogens is 2. The summed E-state index contributed by atoms with van der Waals surface area (Å²) in [6, 6.07) is 8.05. The van der Waals surface area contributed by atoms with E-state index in [-0.39, 0.29) is 36.6 Å². The molecule has 6 nitrogen and oxygen atoms in total. The van der Waals surface area contributed by atoms with Gasteiger partial charge in [-0.15, -0.1) is 24.0 Å². The van der Waals surface area contributed by atoms with Crippen LogP contribution < -0.4 is 15.4 Å². The number of hydrogen-bond acceptors (Lipinski definition) is 3. The van der Waals surface area contributed by atoms with Crippen LogP contribution in [-0.2, 0) is 10.0 Å². The molecule has 9 heteroatoms. The lowest BCUT2D eigenvalue weighted by molar-refractivity contribution is 0.588. The van der Waals surface area contributed by atoms with Crippen molar-refractivity contribution < 1.29 is 8.42 Å². The van der Waals surface area contributed by atoms with E-state index >= 15 is 0 Å². The Kier molecular flexibility index (Phi) is 11.0. The lowest BCUT2D eigenvalue weighted by atomic mass is 10.1. The Hall–Kier alpha value is -0.390. The van der Waals surface area contributed by atoms with Crippen molar-refractivity contribution in [2.24, 2.45) is 4.99 Å². The van der Waals surface area contributed by atoms with Gasteiger partial charge in [-0.2, -0.15) is 0 Å². The summed E-state index contributed by atoms with van der Waals surface area (Å²) in [6.07, 6.45) is 1.13. The third kappa shape index (κ3) is 9.48. The van der Waals surface area contributed by atoms with E-state index in [1.165, 1.54) is 0 Å². The minimum absolute atomic E-state index is 0. The fraction of sp³-hybridized carbons (Fsp3) is 0.500. The number of benzene rings is 1. The Labute approximate surface area is 164 Å². The van der Waals surface area contributed by atoms with Gasteiger partial charge in [0.2, 0.25) is 10.0 Å². The molecule has 0 saturated carbocycles. The number of sulfonamides is 1. The van der Waals surface area contributed by atoms with Crippen LogP contribution in [-0.4, -0.2) is 40.3 Å². The first-order chi connectivity index (χ1) is 10.3. The zero-order valence-electron chi connectivity index (χ0n) is 13.5. The summed E-state index contributed by atoms with van der Waals surface area (Å²) in [5.41, 5.74) is 1.13. The predicted molar refractivity (Wildman–Crippen MR) is 110 cm³/mol. The van der Waals surface area contributed by atoms with Crippen LogP contribution in [0.2, 0.25) is 0 Å². The quantitative estimate of drug-likeness (QED) is 0.224. The van der Waals surface area contributed by atoms with E-state index < -0.39 is 10.0 Å². The van der Waals surface area contributed by atoms with Crippen LogP contribution in [0.25, 0.3) is 0 Å². The molecular weight excluding hydrogens is 495 g/mol. The molecule has 0 aliphatic heterocycles. The maximum atomic E-state index is 11.0. The molecule has 1 aromatic rings. The fourth-order valence-corrected chi connectivity index (χ4v) is 2.92. The molecule has 1 unspecified atom stereocenters. The summed E-state index contributed by atoms with van der Waals surface area (Å²) < 4.78 is 25.5. The molecule has 0 aliphatic carbocycles. The molecule has 23 heavy (non-hydrogen) atoms. The van der Waals surface area contributed by atoms with Crippen LogP contribution in [0.1, 0.15) is 25.5 Å². The molecule has 0 fully saturated rings. The van der Waals surface area contributed by atoms with Gasteiger partial charge in [-0.25, -0.2) is 13.1 Å². The first-order valence-corrected chi connectivity index (χ1v) is 9.76. The molecule has 0 amide bonds. The Balaban J connectivity index is 0.00000484. The number of aliphatic imine (C=N–C) groups is 1. The summed E-state index contributed by atoms with van der Waals surface area (Å²) in [6.45, 7) is 5.40. The van der Waals surface area contributed by atoms with Crippen molar-refractivity contribution in [2.45, 2.75) is 19.9 Å². The topological polar surface area (TPSA) is 82.6 Å². The first-order valence-electron chi connectivity index (χ1n) is 7.07. The van der Waals surface area contributed by atoms with Gasteiger partial charge in [0.25, 0.3) is 0 Å². The number of guanidine groups is 1. The lowest BCUT2D eigenvalue weighted by Crippen LogP contribution is -2.39. The minimum atomic E-state index is -3.17. The molecule has 1 aromatic carbocycles. The molecule has 1 atom stereocenters. The molecule has 0 saturated heterocycles. The van der Waals surface area contributed by atoms with Gasteiger partial charge in [-0.05, 0) is 25.5 Å². The largest absolute Gasteiger partial charge is 0.357 e. The number of nitrogens with one attached hydrogen (secondary N) is 3. The van der Waals surface area contributed by atoms with Gasteiger partial charge in [0, 0.05) is 17.6 Å². The second-order valence-electron chi connectivity index (χ2n) is 4.81. The summed E-state index contributed by atoms with van der Waals surface area (Å²) >= 11 is 3.53. The summed E-state index contributed by atoms with van der Waals surface area (Å²) in [5, 5.41) is 6.45. The molecule has 0 spiro atoms. The van der Waals surface area contributed by atoms with Gasteiger partial charge in [0.1, 0.15) is 0 Å². The molecule has 132 valence electrons. The Morgan fingerprint density at radius 1 is 1.35 bits per heavy atom. The maximum absolute atomic E-state index is 11.0. The highest BCUT2D eigenvalue weighted by atomic mass is 127. The van der Waals surface area contributed by atoms with Crippen molar-refractivity contribution >= 4 is 55.9 Å². The van der Waals surface area contributed by atoms with E-state index in [1.54, 1.807) is 0 Å². The van der Waals surface area contributed by atoms with Crippen molar-refractivity contribution in [1.82, 2.24) is 15.4 Å². The number of rotatable bonds is 7. The van der Waals surface area contributed by atoms with Crippen molar-refractivity contribution in [3.63, 3.8) is 0 Å². The van der Waals surface area contributed by atoms with E-state index in [2.05, 4.69) is 36.3 Å². The smallest absolute Gasteiger partial charge is 0.208 e. The van der Waals surface area contributed by atoms with E-state index in [1.807, 2.05) is 38.1 Å². The minimum Gasteiger partial charge on any atom is -0.357 e. The number of nitrogens with zero attached hydrogens (tertiary/aromatic N) is 1. The normalized spacial score (nSPS) is 13.1. The zero-order valence-corrected chi connectivity index (χ0v) is 18.2. The van der Waals surface area contributed by atoms with Crippen molar-refractivity contribution in [3.8, 4) is 0 Å². The Bertz CT molecular complexity index is 611. The van der Waals surface area contributed by atoms with Crippen molar-refractivity contribution in [3.05, 3.63) is 34.3 Å². The van der Waals surface area contributed by atoms with Crippen LogP contribution >= 0.6 is 39.9 Å². The van der Waals surface area contributed by atoms with E-state index in [0.717, 1.165) is 22.8 Å². The van der Waals surface area contributed by atoms with Crippen LogP contribution in [0.15, 0.2) is 33.7 Å². The standard InChI is InChI=1S/C14H23BrN4O2S.HI/c1-4-16-14(17-9-10-18-22(3,20)21)19-11(2)12-7-5-6-8-13(12)15;/h5-8,11,18H,4,9-10H2,1-3H3,(H2,16,17,19);1H. The van der Waals surface area contributed by atoms with Gasteiger partial charge in [0.05, 0.1) is 18.8 Å². The SMILES string of the molecule is CCNC(=NCCNS(C)(=O)=O)NC(C)c1ccccc1Br.I. The monoisotopic (exact) mass is 518 g/mol. The van der Waals surface area contributed by atoms with Gasteiger partial charge in [-0.1, -0.05) is 34.1 Å². The van der Waals surface area contributed by atoms with Crippen LogP contribution in [0.5, 0.6) is 0 Å². The molecule has 3 N–H and O–H groups in total. The zero-order chi connectivity index (χ0) is 16.6. The first kappa shape index (κ1) is 22.6. The highest BCUT2D eigenvalue weighted by molar-refractivity contribution is 14.0. The lowest BCUT2D eigenvalue weighted by Gasteiger charge is -2.19. The van der Waals surface area contributed by atoms with Gasteiger partial charge in [-0.3, -0.25) is 4.99 Å². The second kappa shape index (κ2) is 11.2. The molecule has 0 aromatic heterocycles. The highest BCUT2D eigenvalue weighted by Gasteiger charge is 2.10. The third-order valence-corrected chi connectivity index (χ3v) is 4.27. The molecule has 0 heterocycles. The fourth-order valence-electron chi connectivity index (χ4n) is 1.83. The summed E-state index contributed by atoms with van der Waals surface area (Å²) in [7, 11) is -3.17. The van der Waals surface area contributed by atoms with Crippen molar-refractivity contribution in [1.29, 1.82) is 0 Å².